The van der Waals surface area contributed by atoms with E-state index in [1.807, 2.05) is 0 Å². The van der Waals surface area contributed by atoms with Crippen LogP contribution < -0.4 is 5.73 Å². The zero-order chi connectivity index (χ0) is 13.2. The monoisotopic (exact) mass is 248 g/mol. The molecule has 1 unspecified atom stereocenters. The van der Waals surface area contributed by atoms with E-state index in [0.717, 1.165) is 19.7 Å². The van der Waals surface area contributed by atoms with E-state index in [9.17, 15) is 0 Å². The summed E-state index contributed by atoms with van der Waals surface area (Å²) in [6.07, 6.45) is 0. The largest absolute Gasteiger partial charge is 0.373 e. The van der Waals surface area contributed by atoms with E-state index in [0.29, 0.717) is 12.6 Å². The average molecular weight is 248 g/mol. The smallest absolute Gasteiger partial charge is 0.0753 e. The Morgan fingerprint density at radius 1 is 1.33 bits per heavy atom. The molecule has 2 N–H and O–H groups in total. The highest BCUT2D eigenvalue weighted by Gasteiger charge is 2.31. The van der Waals surface area contributed by atoms with Crippen LogP contribution in [0.5, 0.6) is 0 Å². The normalized spacial score (nSPS) is 21.8. The summed E-state index contributed by atoms with van der Waals surface area (Å²) in [6.45, 7) is 9.72. The lowest BCUT2D eigenvalue weighted by Gasteiger charge is -2.42. The van der Waals surface area contributed by atoms with Crippen molar-refractivity contribution >= 4 is 0 Å². The van der Waals surface area contributed by atoms with Gasteiger partial charge in [0, 0.05) is 25.7 Å². The van der Waals surface area contributed by atoms with Crippen LogP contribution in [0.25, 0.3) is 0 Å². The second-order valence-electron chi connectivity index (χ2n) is 5.74. The molecule has 1 aromatic rings. The van der Waals surface area contributed by atoms with Gasteiger partial charge in [-0.05, 0) is 26.3 Å². The summed E-state index contributed by atoms with van der Waals surface area (Å²) in [4.78, 5) is 2.44. The minimum Gasteiger partial charge on any atom is -0.373 e. The topological polar surface area (TPSA) is 38.5 Å². The van der Waals surface area contributed by atoms with Crippen LogP contribution in [0.1, 0.15) is 31.0 Å². The van der Waals surface area contributed by atoms with E-state index in [-0.39, 0.29) is 5.60 Å². The number of hydrogen-bond donors (Lipinski definition) is 1. The molecule has 0 spiro atoms. The molecule has 0 aromatic heterocycles. The standard InChI is InChI=1S/C15H24N2O/c1-12-4-6-13(7-5-12)14(10-16)17-8-9-18-15(2,3)11-17/h4-7,14H,8-11,16H2,1-3H3. The van der Waals surface area contributed by atoms with Crippen molar-refractivity contribution in [2.75, 3.05) is 26.2 Å². The van der Waals surface area contributed by atoms with Crippen LogP contribution in [0.4, 0.5) is 0 Å². The molecule has 2 rings (SSSR count). The van der Waals surface area contributed by atoms with Gasteiger partial charge in [0.15, 0.2) is 0 Å². The van der Waals surface area contributed by atoms with Gasteiger partial charge in [-0.2, -0.15) is 0 Å². The number of nitrogens with two attached hydrogens (primary N) is 1. The Labute approximate surface area is 110 Å². The van der Waals surface area contributed by atoms with Crippen LogP contribution in [0.2, 0.25) is 0 Å². The lowest BCUT2D eigenvalue weighted by Crippen LogP contribution is -2.50. The van der Waals surface area contributed by atoms with Gasteiger partial charge in [0.05, 0.1) is 12.2 Å². The maximum Gasteiger partial charge on any atom is 0.0753 e. The molecule has 18 heavy (non-hydrogen) atoms. The lowest BCUT2D eigenvalue weighted by atomic mass is 10.00. The van der Waals surface area contributed by atoms with Gasteiger partial charge < -0.3 is 10.5 Å². The maximum atomic E-state index is 5.98. The first kappa shape index (κ1) is 13.5. The van der Waals surface area contributed by atoms with Crippen molar-refractivity contribution in [1.82, 2.24) is 4.90 Å². The van der Waals surface area contributed by atoms with E-state index in [4.69, 9.17) is 10.5 Å². The zero-order valence-electron chi connectivity index (χ0n) is 11.6. The third-order valence-electron chi connectivity index (χ3n) is 3.58. The third-order valence-corrected chi connectivity index (χ3v) is 3.58. The number of hydrogen-bond acceptors (Lipinski definition) is 3. The Kier molecular flexibility index (Phi) is 4.05. The SMILES string of the molecule is Cc1ccc(C(CN)N2CCOC(C)(C)C2)cc1. The second-order valence-corrected chi connectivity index (χ2v) is 5.74. The van der Waals surface area contributed by atoms with E-state index < -0.39 is 0 Å². The lowest BCUT2D eigenvalue weighted by molar-refractivity contribution is -0.0967. The highest BCUT2D eigenvalue weighted by molar-refractivity contribution is 5.24. The summed E-state index contributed by atoms with van der Waals surface area (Å²) in [7, 11) is 0. The van der Waals surface area contributed by atoms with Gasteiger partial charge in [-0.25, -0.2) is 0 Å². The van der Waals surface area contributed by atoms with Crippen molar-refractivity contribution in [1.29, 1.82) is 0 Å². The van der Waals surface area contributed by atoms with Gasteiger partial charge in [0.1, 0.15) is 0 Å². The summed E-state index contributed by atoms with van der Waals surface area (Å²) in [5.74, 6) is 0. The van der Waals surface area contributed by atoms with Gasteiger partial charge >= 0.3 is 0 Å². The first-order valence-corrected chi connectivity index (χ1v) is 6.66. The number of morpholine rings is 1. The minimum absolute atomic E-state index is 0.0730. The molecule has 100 valence electrons. The Morgan fingerprint density at radius 2 is 2.00 bits per heavy atom. The summed E-state index contributed by atoms with van der Waals surface area (Å²) < 4.78 is 5.76. The van der Waals surface area contributed by atoms with Gasteiger partial charge in [0.2, 0.25) is 0 Å². The molecule has 1 saturated heterocycles. The fourth-order valence-corrected chi connectivity index (χ4v) is 2.60. The van der Waals surface area contributed by atoms with Gasteiger partial charge in [-0.1, -0.05) is 29.8 Å². The highest BCUT2D eigenvalue weighted by atomic mass is 16.5. The summed E-state index contributed by atoms with van der Waals surface area (Å²) in [5, 5.41) is 0. The molecule has 0 amide bonds. The van der Waals surface area contributed by atoms with Crippen LogP contribution in [0, 0.1) is 6.92 Å². The van der Waals surface area contributed by atoms with Gasteiger partial charge in [-0.15, -0.1) is 0 Å². The van der Waals surface area contributed by atoms with Crippen molar-refractivity contribution in [3.05, 3.63) is 35.4 Å². The summed E-state index contributed by atoms with van der Waals surface area (Å²) in [5.41, 5.74) is 8.50. The van der Waals surface area contributed by atoms with Crippen molar-refractivity contribution in [2.24, 2.45) is 5.73 Å². The third kappa shape index (κ3) is 3.10. The molecule has 0 aliphatic carbocycles. The predicted molar refractivity (Wildman–Crippen MR) is 74.6 cm³/mol. The quantitative estimate of drug-likeness (QED) is 0.890. The fourth-order valence-electron chi connectivity index (χ4n) is 2.60. The van der Waals surface area contributed by atoms with Gasteiger partial charge in [-0.3, -0.25) is 4.90 Å². The molecule has 1 heterocycles. The molecular weight excluding hydrogens is 224 g/mol. The Morgan fingerprint density at radius 3 is 2.56 bits per heavy atom. The first-order valence-electron chi connectivity index (χ1n) is 6.66. The van der Waals surface area contributed by atoms with Gasteiger partial charge in [0.25, 0.3) is 0 Å². The molecule has 1 aromatic carbocycles. The van der Waals surface area contributed by atoms with Crippen LogP contribution in [0.3, 0.4) is 0 Å². The van der Waals surface area contributed by atoms with Crippen molar-refractivity contribution in [3.63, 3.8) is 0 Å². The zero-order valence-corrected chi connectivity index (χ0v) is 11.6. The highest BCUT2D eigenvalue weighted by Crippen LogP contribution is 2.26. The van der Waals surface area contributed by atoms with E-state index in [1.165, 1.54) is 11.1 Å². The molecule has 0 bridgehead atoms. The maximum absolute atomic E-state index is 5.98. The second kappa shape index (κ2) is 5.39. The molecule has 1 aliphatic rings. The fraction of sp³-hybridized carbons (Fsp3) is 0.600. The molecule has 0 saturated carbocycles. The number of rotatable bonds is 3. The minimum atomic E-state index is -0.0730. The number of ether oxygens (including phenoxy) is 1. The van der Waals surface area contributed by atoms with E-state index >= 15 is 0 Å². The summed E-state index contributed by atoms with van der Waals surface area (Å²) >= 11 is 0. The number of nitrogens with zero attached hydrogens (tertiary/aromatic N) is 1. The summed E-state index contributed by atoms with van der Waals surface area (Å²) in [6, 6.07) is 8.99. The Balaban J connectivity index is 2.15. The molecule has 1 atom stereocenters. The van der Waals surface area contributed by atoms with Crippen LogP contribution >= 0.6 is 0 Å². The van der Waals surface area contributed by atoms with Crippen molar-refractivity contribution in [2.45, 2.75) is 32.4 Å². The van der Waals surface area contributed by atoms with Crippen molar-refractivity contribution in [3.8, 4) is 0 Å². The van der Waals surface area contributed by atoms with E-state index in [1.54, 1.807) is 0 Å². The number of benzene rings is 1. The number of aryl methyl sites for hydroxylation is 1. The molecule has 0 radical (unpaired) electrons. The molecular formula is C15H24N2O. The van der Waals surface area contributed by atoms with E-state index in [2.05, 4.69) is 49.9 Å². The molecule has 3 nitrogen and oxygen atoms in total. The molecule has 3 heteroatoms. The van der Waals surface area contributed by atoms with Crippen molar-refractivity contribution < 1.29 is 4.74 Å². The first-order chi connectivity index (χ1) is 8.52. The molecule has 1 fully saturated rings. The van der Waals surface area contributed by atoms with Crippen LogP contribution in [-0.4, -0.2) is 36.7 Å². The Bertz CT molecular complexity index is 386. The van der Waals surface area contributed by atoms with Crippen LogP contribution in [-0.2, 0) is 4.74 Å². The predicted octanol–water partition coefficient (Wildman–Crippen LogP) is 2.11. The van der Waals surface area contributed by atoms with Crippen LogP contribution in [0.15, 0.2) is 24.3 Å². The Hall–Kier alpha value is -0.900. The molecule has 1 aliphatic heterocycles. The average Bonchev–Trinajstić information content (AvgIpc) is 2.31.